The van der Waals surface area contributed by atoms with Crippen molar-refractivity contribution in [2.24, 2.45) is 11.8 Å². The zero-order chi connectivity index (χ0) is 5.98. The molecule has 0 unspecified atom stereocenters. The average molecular weight is 130 g/mol. The summed E-state index contributed by atoms with van der Waals surface area (Å²) >= 11 is 0. The Hall–Kier alpha value is -0.0400. The minimum atomic E-state index is 0. The van der Waals surface area contributed by atoms with Crippen LogP contribution in [0, 0.1) is 11.8 Å². The van der Waals surface area contributed by atoms with Crippen molar-refractivity contribution in [1.82, 2.24) is 0 Å². The van der Waals surface area contributed by atoms with Crippen LogP contribution in [0.25, 0.3) is 0 Å². The largest absolute Gasteiger partial charge is 0.381 e. The first-order valence-corrected chi connectivity index (χ1v) is 3.37. The summed E-state index contributed by atoms with van der Waals surface area (Å²) in [5.41, 5.74) is 0. The van der Waals surface area contributed by atoms with Gasteiger partial charge >= 0.3 is 0 Å². The zero-order valence-corrected chi connectivity index (χ0v) is 5.68. The van der Waals surface area contributed by atoms with Crippen LogP contribution in [0.5, 0.6) is 0 Å². The van der Waals surface area contributed by atoms with Crippen molar-refractivity contribution in [2.75, 3.05) is 13.2 Å². The van der Waals surface area contributed by atoms with Gasteiger partial charge in [-0.3, -0.25) is 0 Å². The lowest BCUT2D eigenvalue weighted by atomic mass is 9.96. The van der Waals surface area contributed by atoms with E-state index in [1.54, 1.807) is 0 Å². The third-order valence-electron chi connectivity index (χ3n) is 1.51. The fourth-order valence-corrected chi connectivity index (χ4v) is 1.09. The van der Waals surface area contributed by atoms with Crippen molar-refractivity contribution in [1.29, 1.82) is 0 Å². The molecule has 0 bridgehead atoms. The molecule has 0 N–H and O–H groups in total. The third-order valence-corrected chi connectivity index (χ3v) is 1.51. The van der Waals surface area contributed by atoms with Crippen LogP contribution in [0.15, 0.2) is 0 Å². The number of hydrogen-bond acceptors (Lipinski definition) is 1. The smallest absolute Gasteiger partial charge is 0.0516 e. The Morgan fingerprint density at radius 1 is 1.44 bits per heavy atom. The third kappa shape index (κ3) is 2.85. The summed E-state index contributed by atoms with van der Waals surface area (Å²) in [6.45, 7) is 6.55. The van der Waals surface area contributed by atoms with Crippen LogP contribution >= 0.6 is 0 Å². The molecule has 1 heteroatoms. The first kappa shape index (κ1) is 8.96. The second-order valence-electron chi connectivity index (χ2n) is 3.03. The molecular formula is C8H18O. The Bertz CT molecular complexity index is 65.0. The maximum absolute atomic E-state index is 5.04. The van der Waals surface area contributed by atoms with Crippen molar-refractivity contribution >= 4 is 0 Å². The molecule has 0 radical (unpaired) electrons. The maximum atomic E-state index is 5.04. The van der Waals surface area contributed by atoms with Gasteiger partial charge in [0.05, 0.1) is 13.2 Å². The van der Waals surface area contributed by atoms with E-state index < -0.39 is 0 Å². The van der Waals surface area contributed by atoms with E-state index >= 15 is 0 Å². The molecular weight excluding hydrogens is 112 g/mol. The van der Waals surface area contributed by atoms with Gasteiger partial charge in [0.2, 0.25) is 0 Å². The molecule has 1 aliphatic rings. The Balaban J connectivity index is 0.000000640. The van der Waals surface area contributed by atoms with Crippen LogP contribution in [0.2, 0.25) is 0 Å². The van der Waals surface area contributed by atoms with Gasteiger partial charge in [0, 0.05) is 5.92 Å². The summed E-state index contributed by atoms with van der Waals surface area (Å²) in [6.07, 6.45) is 1.35. The van der Waals surface area contributed by atoms with Crippen LogP contribution < -0.4 is 0 Å². The first-order valence-electron chi connectivity index (χ1n) is 3.37. The highest BCUT2D eigenvalue weighted by Crippen LogP contribution is 2.18. The van der Waals surface area contributed by atoms with E-state index in [0.29, 0.717) is 0 Å². The standard InChI is InChI=1S/C7H14O.CH4/c1-6(2)3-7-4-8-5-7;/h6-7H,3-5H2,1-2H3;1H4. The van der Waals surface area contributed by atoms with Gasteiger partial charge in [0.15, 0.2) is 0 Å². The molecule has 1 nitrogen and oxygen atoms in total. The SMILES string of the molecule is C.CC(C)CC1COC1. The molecule has 1 rings (SSSR count). The van der Waals surface area contributed by atoms with E-state index in [2.05, 4.69) is 13.8 Å². The Kier molecular flexibility index (Phi) is 3.87. The lowest BCUT2D eigenvalue weighted by molar-refractivity contribution is -0.0406. The second-order valence-corrected chi connectivity index (χ2v) is 3.03. The van der Waals surface area contributed by atoms with Crippen LogP contribution in [0.1, 0.15) is 27.7 Å². The predicted octanol–water partition coefficient (Wildman–Crippen LogP) is 2.32. The maximum Gasteiger partial charge on any atom is 0.0516 e. The first-order chi connectivity index (χ1) is 3.79. The number of ether oxygens (including phenoxy) is 1. The molecule has 9 heavy (non-hydrogen) atoms. The van der Waals surface area contributed by atoms with Gasteiger partial charge in [-0.25, -0.2) is 0 Å². The van der Waals surface area contributed by atoms with E-state index in [-0.39, 0.29) is 7.43 Å². The molecule has 0 aliphatic carbocycles. The van der Waals surface area contributed by atoms with Gasteiger partial charge in [-0.05, 0) is 12.3 Å². The quantitative estimate of drug-likeness (QED) is 0.557. The predicted molar refractivity (Wildman–Crippen MR) is 40.5 cm³/mol. The summed E-state index contributed by atoms with van der Waals surface area (Å²) in [6, 6.07) is 0. The van der Waals surface area contributed by atoms with Crippen molar-refractivity contribution in [3.05, 3.63) is 0 Å². The molecule has 0 aromatic carbocycles. The molecule has 0 atom stereocenters. The molecule has 0 aromatic heterocycles. The van der Waals surface area contributed by atoms with Crippen molar-refractivity contribution in [3.63, 3.8) is 0 Å². The van der Waals surface area contributed by atoms with Crippen molar-refractivity contribution < 1.29 is 4.74 Å². The monoisotopic (exact) mass is 130 g/mol. The van der Waals surface area contributed by atoms with Gasteiger partial charge in [0.1, 0.15) is 0 Å². The van der Waals surface area contributed by atoms with Gasteiger partial charge in [-0.15, -0.1) is 0 Å². The molecule has 1 aliphatic heterocycles. The second kappa shape index (κ2) is 3.89. The highest BCUT2D eigenvalue weighted by Gasteiger charge is 2.18. The van der Waals surface area contributed by atoms with Gasteiger partial charge < -0.3 is 4.74 Å². The summed E-state index contributed by atoms with van der Waals surface area (Å²) in [5, 5.41) is 0. The fourth-order valence-electron chi connectivity index (χ4n) is 1.09. The Labute approximate surface area is 58.4 Å². The van der Waals surface area contributed by atoms with Crippen molar-refractivity contribution in [3.8, 4) is 0 Å². The minimum absolute atomic E-state index is 0. The summed E-state index contributed by atoms with van der Waals surface area (Å²) < 4.78 is 5.04. The molecule has 0 saturated carbocycles. The van der Waals surface area contributed by atoms with Crippen molar-refractivity contribution in [2.45, 2.75) is 27.7 Å². The topological polar surface area (TPSA) is 9.23 Å². The fraction of sp³-hybridized carbons (Fsp3) is 1.00. The molecule has 0 amide bonds. The van der Waals surface area contributed by atoms with Crippen LogP contribution in [-0.2, 0) is 4.74 Å². The summed E-state index contributed by atoms with van der Waals surface area (Å²) in [5.74, 6) is 1.74. The van der Waals surface area contributed by atoms with E-state index in [1.165, 1.54) is 6.42 Å². The summed E-state index contributed by atoms with van der Waals surface area (Å²) in [7, 11) is 0. The number of hydrogen-bond donors (Lipinski definition) is 0. The van der Waals surface area contributed by atoms with Crippen LogP contribution in [0.3, 0.4) is 0 Å². The van der Waals surface area contributed by atoms with Gasteiger partial charge in [-0.1, -0.05) is 21.3 Å². The highest BCUT2D eigenvalue weighted by molar-refractivity contribution is 4.66. The lowest BCUT2D eigenvalue weighted by Crippen LogP contribution is -2.28. The number of rotatable bonds is 2. The van der Waals surface area contributed by atoms with E-state index in [4.69, 9.17) is 4.74 Å². The molecule has 56 valence electrons. The normalized spacial score (nSPS) is 19.0. The average Bonchev–Trinajstić information content (AvgIpc) is 1.55. The van der Waals surface area contributed by atoms with Gasteiger partial charge in [-0.2, -0.15) is 0 Å². The lowest BCUT2D eigenvalue weighted by Gasteiger charge is -2.27. The molecule has 1 saturated heterocycles. The molecule has 0 spiro atoms. The molecule has 1 fully saturated rings. The highest BCUT2D eigenvalue weighted by atomic mass is 16.5. The van der Waals surface area contributed by atoms with E-state index in [0.717, 1.165) is 25.0 Å². The molecule has 1 heterocycles. The van der Waals surface area contributed by atoms with Crippen LogP contribution in [0.4, 0.5) is 0 Å². The van der Waals surface area contributed by atoms with E-state index in [9.17, 15) is 0 Å². The Morgan fingerprint density at radius 3 is 2.11 bits per heavy atom. The van der Waals surface area contributed by atoms with Crippen LogP contribution in [-0.4, -0.2) is 13.2 Å². The summed E-state index contributed by atoms with van der Waals surface area (Å²) in [4.78, 5) is 0. The molecule has 0 aromatic rings. The Morgan fingerprint density at radius 2 is 2.00 bits per heavy atom. The van der Waals surface area contributed by atoms with Gasteiger partial charge in [0.25, 0.3) is 0 Å². The zero-order valence-electron chi connectivity index (χ0n) is 5.68. The minimum Gasteiger partial charge on any atom is -0.381 e. The van der Waals surface area contributed by atoms with E-state index in [1.807, 2.05) is 0 Å².